The molecule has 2 aromatic rings. The van der Waals surface area contributed by atoms with Gasteiger partial charge in [-0.25, -0.2) is 4.79 Å². The normalized spacial score (nSPS) is 24.8. The Morgan fingerprint density at radius 1 is 0.960 bits per heavy atom. The number of nitrogen functional groups attached to an aromatic ring is 1. The molecule has 10 nitrogen and oxygen atoms in total. The Hall–Kier alpha value is -3.55. The Balaban J connectivity index is 1.05. The number of ether oxygens (including phenoxy) is 1. The van der Waals surface area contributed by atoms with E-state index in [1.165, 1.54) is 30.4 Å². The van der Waals surface area contributed by atoms with Crippen molar-refractivity contribution in [2.24, 2.45) is 0 Å². The van der Waals surface area contributed by atoms with Gasteiger partial charge in [0, 0.05) is 75.3 Å². The van der Waals surface area contributed by atoms with Crippen molar-refractivity contribution >= 4 is 40.9 Å². The van der Waals surface area contributed by atoms with Gasteiger partial charge in [-0.1, -0.05) is 29.8 Å². The van der Waals surface area contributed by atoms with Gasteiger partial charge in [-0.3, -0.25) is 14.5 Å². The summed E-state index contributed by atoms with van der Waals surface area (Å²) >= 11 is 6.13. The molecule has 3 N–H and O–H groups in total. The number of nitrogens with one attached hydrogen (secondary N) is 1. The largest absolute Gasteiger partial charge is 0.436 e. The van der Waals surface area contributed by atoms with Crippen LogP contribution in [0.4, 0.5) is 29.3 Å². The fourth-order valence-corrected chi connectivity index (χ4v) is 9.12. The highest BCUT2D eigenvalue weighted by Crippen LogP contribution is 2.45. The highest BCUT2D eigenvalue weighted by molar-refractivity contribution is 6.33. The lowest BCUT2D eigenvalue weighted by atomic mass is 9.68. The number of amides is 3. The van der Waals surface area contributed by atoms with Crippen molar-refractivity contribution in [1.82, 2.24) is 19.6 Å². The standard InChI is InChI=1S/C36H44ClF3N6O4/c37-28-19-23(18-27(32(28)41)36(38,39)40)20-30(33(48)45-16-14-44(15-17-45)25-7-11-43-10-3-4-24(43)21-25)50-34(49)46-12-8-35(9-13-46)22-31(47)42-29-6-2-1-5-26(29)35/h1-2,5-6,18-19,24-25,30H,3-4,7-17,20-22,41H2,(H,42,47)/t24?,25?,30-/m1/s1. The number of fused-ring (bicyclic) bond motifs is 3. The number of rotatable bonds is 5. The summed E-state index contributed by atoms with van der Waals surface area (Å²) in [4.78, 5) is 48.6. The first-order valence-corrected chi connectivity index (χ1v) is 18.0. The van der Waals surface area contributed by atoms with Crippen LogP contribution in [0.2, 0.25) is 5.02 Å². The van der Waals surface area contributed by atoms with Crippen LogP contribution in [0, 0.1) is 0 Å². The number of carbonyl (C=O) groups is 3. The Labute approximate surface area is 295 Å². The van der Waals surface area contributed by atoms with Crippen molar-refractivity contribution in [3.8, 4) is 0 Å². The predicted octanol–water partition coefficient (Wildman–Crippen LogP) is 5.14. The van der Waals surface area contributed by atoms with E-state index in [1.54, 1.807) is 4.90 Å². The molecule has 1 spiro atoms. The zero-order chi connectivity index (χ0) is 35.2. The van der Waals surface area contributed by atoms with Crippen LogP contribution in [-0.2, 0) is 32.3 Å². The molecule has 7 rings (SSSR count). The number of para-hydroxylation sites is 1. The third-order valence-electron chi connectivity index (χ3n) is 11.6. The van der Waals surface area contributed by atoms with Crippen LogP contribution in [0.5, 0.6) is 0 Å². The van der Waals surface area contributed by atoms with Gasteiger partial charge >= 0.3 is 12.3 Å². The summed E-state index contributed by atoms with van der Waals surface area (Å²) in [6.07, 6.45) is -1.09. The molecule has 14 heteroatoms. The molecule has 50 heavy (non-hydrogen) atoms. The summed E-state index contributed by atoms with van der Waals surface area (Å²) in [6, 6.07) is 10.9. The van der Waals surface area contributed by atoms with Gasteiger partial charge in [-0.15, -0.1) is 0 Å². The Morgan fingerprint density at radius 3 is 2.40 bits per heavy atom. The minimum Gasteiger partial charge on any atom is -0.436 e. The molecular weight excluding hydrogens is 673 g/mol. The molecule has 0 aromatic heterocycles. The van der Waals surface area contributed by atoms with Gasteiger partial charge in [0.25, 0.3) is 5.91 Å². The van der Waals surface area contributed by atoms with E-state index in [4.69, 9.17) is 22.1 Å². The van der Waals surface area contributed by atoms with Gasteiger partial charge in [0.05, 0.1) is 16.3 Å². The summed E-state index contributed by atoms with van der Waals surface area (Å²) in [5, 5.41) is 2.65. The van der Waals surface area contributed by atoms with E-state index in [2.05, 4.69) is 15.1 Å². The van der Waals surface area contributed by atoms with Crippen LogP contribution in [0.3, 0.4) is 0 Å². The quantitative estimate of drug-likeness (QED) is 0.413. The maximum absolute atomic E-state index is 14.1. The Morgan fingerprint density at radius 2 is 1.66 bits per heavy atom. The molecule has 4 fully saturated rings. The SMILES string of the molecule is Nc1c(Cl)cc(C[C@@H](OC(=O)N2CCC3(CC2)CC(=O)Nc2ccccc23)C(=O)N2CCN(C3CCN4CCCC4C3)CC2)cc1C(F)(F)F. The number of hydrogen-bond donors (Lipinski definition) is 2. The smallest absolute Gasteiger partial charge is 0.418 e. The molecule has 0 aliphatic carbocycles. The van der Waals surface area contributed by atoms with E-state index < -0.39 is 40.9 Å². The number of alkyl halides is 3. The van der Waals surface area contributed by atoms with Crippen molar-refractivity contribution in [3.63, 3.8) is 0 Å². The zero-order valence-corrected chi connectivity index (χ0v) is 28.8. The van der Waals surface area contributed by atoms with Crippen LogP contribution in [0.25, 0.3) is 0 Å². The van der Waals surface area contributed by atoms with Crippen LogP contribution >= 0.6 is 11.6 Å². The first-order valence-electron chi connectivity index (χ1n) is 17.7. The van der Waals surface area contributed by atoms with Crippen molar-refractivity contribution in [3.05, 3.63) is 58.1 Å². The summed E-state index contributed by atoms with van der Waals surface area (Å²) in [5.41, 5.74) is 5.45. The first kappa shape index (κ1) is 34.9. The summed E-state index contributed by atoms with van der Waals surface area (Å²) in [6.45, 7) is 5.08. The lowest BCUT2D eigenvalue weighted by molar-refractivity contribution is -0.143. The number of likely N-dealkylation sites (tertiary alicyclic amines) is 1. The van der Waals surface area contributed by atoms with E-state index in [-0.39, 0.29) is 22.9 Å². The van der Waals surface area contributed by atoms with Crippen molar-refractivity contribution in [1.29, 1.82) is 0 Å². The molecule has 2 unspecified atom stereocenters. The molecular formula is C36H44ClF3N6O4. The Kier molecular flexibility index (Phi) is 9.68. The Bertz CT molecular complexity index is 1630. The molecule has 0 bridgehead atoms. The summed E-state index contributed by atoms with van der Waals surface area (Å²) < 4.78 is 47.4. The van der Waals surface area contributed by atoms with Gasteiger partial charge in [0.2, 0.25) is 5.91 Å². The van der Waals surface area contributed by atoms with Gasteiger partial charge in [0.1, 0.15) is 0 Å². The number of nitrogens with two attached hydrogens (primary N) is 1. The number of piperazine rings is 1. The molecule has 4 saturated heterocycles. The molecule has 5 aliphatic rings. The third kappa shape index (κ3) is 7.01. The number of benzene rings is 2. The molecule has 270 valence electrons. The second kappa shape index (κ2) is 13.9. The van der Waals surface area contributed by atoms with Crippen LogP contribution in [-0.4, -0.2) is 108 Å². The fraction of sp³-hybridized carbons (Fsp3) is 0.583. The lowest BCUT2D eigenvalue weighted by Gasteiger charge is -2.45. The molecule has 5 aliphatic heterocycles. The molecule has 0 radical (unpaired) electrons. The minimum atomic E-state index is -4.76. The van der Waals surface area contributed by atoms with E-state index in [0.29, 0.717) is 70.6 Å². The van der Waals surface area contributed by atoms with E-state index in [0.717, 1.165) is 36.7 Å². The van der Waals surface area contributed by atoms with Crippen molar-refractivity contribution in [2.75, 3.05) is 63.4 Å². The number of hydrogen-bond acceptors (Lipinski definition) is 7. The minimum absolute atomic E-state index is 0.0742. The topological polar surface area (TPSA) is 111 Å². The van der Waals surface area contributed by atoms with Crippen LogP contribution in [0.1, 0.15) is 61.6 Å². The monoisotopic (exact) mass is 716 g/mol. The molecule has 3 atom stereocenters. The highest BCUT2D eigenvalue weighted by atomic mass is 35.5. The van der Waals surface area contributed by atoms with Gasteiger partial charge in [0.15, 0.2) is 6.10 Å². The van der Waals surface area contributed by atoms with E-state index in [9.17, 15) is 27.6 Å². The average molecular weight is 717 g/mol. The lowest BCUT2D eigenvalue weighted by Crippen LogP contribution is -2.57. The number of carbonyl (C=O) groups excluding carboxylic acids is 3. The number of halogens is 4. The maximum atomic E-state index is 14.1. The summed E-state index contributed by atoms with van der Waals surface area (Å²) in [7, 11) is 0. The predicted molar refractivity (Wildman–Crippen MR) is 183 cm³/mol. The molecule has 2 aromatic carbocycles. The average Bonchev–Trinajstić information content (AvgIpc) is 3.57. The van der Waals surface area contributed by atoms with Gasteiger partial charge in [-0.05, 0) is 80.9 Å². The second-order valence-electron chi connectivity index (χ2n) is 14.5. The molecule has 3 amide bonds. The first-order chi connectivity index (χ1) is 23.9. The second-order valence-corrected chi connectivity index (χ2v) is 14.9. The van der Waals surface area contributed by atoms with Gasteiger partial charge < -0.3 is 30.5 Å². The highest BCUT2D eigenvalue weighted by Gasteiger charge is 2.44. The van der Waals surface area contributed by atoms with Crippen LogP contribution < -0.4 is 11.1 Å². The zero-order valence-electron chi connectivity index (χ0n) is 28.0. The van der Waals surface area contributed by atoms with E-state index in [1.807, 2.05) is 24.3 Å². The van der Waals surface area contributed by atoms with Crippen LogP contribution in [0.15, 0.2) is 36.4 Å². The van der Waals surface area contributed by atoms with Crippen molar-refractivity contribution < 1.29 is 32.3 Å². The summed E-state index contributed by atoms with van der Waals surface area (Å²) in [5.74, 6) is -0.522. The molecule has 0 saturated carbocycles. The molecule has 5 heterocycles. The fourth-order valence-electron chi connectivity index (χ4n) is 8.88. The maximum Gasteiger partial charge on any atom is 0.418 e. The van der Waals surface area contributed by atoms with E-state index >= 15 is 0 Å². The van der Waals surface area contributed by atoms with Crippen molar-refractivity contribution in [2.45, 2.75) is 81.1 Å². The number of piperidine rings is 2. The number of anilines is 2. The van der Waals surface area contributed by atoms with Gasteiger partial charge in [-0.2, -0.15) is 13.2 Å². The number of nitrogens with zero attached hydrogens (tertiary/aromatic N) is 4. The third-order valence-corrected chi connectivity index (χ3v) is 11.9.